The lowest BCUT2D eigenvalue weighted by atomic mass is 9.99. The first-order valence-corrected chi connectivity index (χ1v) is 5.49. The van der Waals surface area contributed by atoms with Crippen LogP contribution in [0.5, 0.6) is 0 Å². The summed E-state index contributed by atoms with van der Waals surface area (Å²) < 4.78 is 1.82. The molecule has 1 aromatic carbocycles. The Morgan fingerprint density at radius 3 is 2.82 bits per heavy atom. The molecule has 0 unspecified atom stereocenters. The van der Waals surface area contributed by atoms with Crippen LogP contribution in [-0.4, -0.2) is 20.9 Å². The van der Waals surface area contributed by atoms with Crippen molar-refractivity contribution in [3.8, 4) is 11.1 Å². The highest BCUT2D eigenvalue weighted by atomic mass is 16.4. The van der Waals surface area contributed by atoms with Gasteiger partial charge in [0.25, 0.3) is 0 Å². The smallest absolute Gasteiger partial charge is 0.335 e. The normalized spacial score (nSPS) is 10.5. The van der Waals surface area contributed by atoms with E-state index in [0.29, 0.717) is 5.56 Å². The van der Waals surface area contributed by atoms with E-state index in [1.54, 1.807) is 18.3 Å². The van der Waals surface area contributed by atoms with Crippen LogP contribution in [0.4, 0.5) is 0 Å². The summed E-state index contributed by atoms with van der Waals surface area (Å²) in [6.07, 6.45) is 3.69. The minimum absolute atomic E-state index is 0.340. The number of rotatable bonds is 3. The maximum Gasteiger partial charge on any atom is 0.335 e. The molecule has 88 valence electrons. The minimum Gasteiger partial charge on any atom is -0.478 e. The van der Waals surface area contributed by atoms with Gasteiger partial charge in [-0.1, -0.05) is 12.1 Å². The van der Waals surface area contributed by atoms with Gasteiger partial charge in [-0.2, -0.15) is 5.10 Å². The van der Waals surface area contributed by atoms with Crippen LogP contribution in [0.2, 0.25) is 0 Å². The Morgan fingerprint density at radius 2 is 2.24 bits per heavy atom. The highest BCUT2D eigenvalue weighted by molar-refractivity contribution is 5.91. The summed E-state index contributed by atoms with van der Waals surface area (Å²) in [7, 11) is 0. The quantitative estimate of drug-likeness (QED) is 0.881. The van der Waals surface area contributed by atoms with Crippen molar-refractivity contribution in [2.45, 2.75) is 20.4 Å². The molecule has 0 bridgehead atoms. The van der Waals surface area contributed by atoms with Crippen molar-refractivity contribution in [2.24, 2.45) is 0 Å². The predicted molar refractivity (Wildman–Crippen MR) is 65.0 cm³/mol. The minimum atomic E-state index is -0.896. The molecular formula is C13H14N2O2. The maximum atomic E-state index is 11.0. The van der Waals surface area contributed by atoms with E-state index < -0.39 is 5.97 Å². The van der Waals surface area contributed by atoms with Crippen LogP contribution >= 0.6 is 0 Å². The van der Waals surface area contributed by atoms with Gasteiger partial charge in [-0.15, -0.1) is 0 Å². The van der Waals surface area contributed by atoms with Crippen LogP contribution in [-0.2, 0) is 6.54 Å². The van der Waals surface area contributed by atoms with Gasteiger partial charge in [-0.3, -0.25) is 4.68 Å². The van der Waals surface area contributed by atoms with Crippen molar-refractivity contribution < 1.29 is 9.90 Å². The summed E-state index contributed by atoms with van der Waals surface area (Å²) in [4.78, 5) is 11.0. The average molecular weight is 230 g/mol. The molecule has 0 aliphatic rings. The summed E-state index contributed by atoms with van der Waals surface area (Å²) >= 11 is 0. The van der Waals surface area contributed by atoms with Crippen molar-refractivity contribution in [1.82, 2.24) is 9.78 Å². The molecule has 1 heterocycles. The predicted octanol–water partition coefficient (Wildman–Crippen LogP) is 2.58. The summed E-state index contributed by atoms with van der Waals surface area (Å²) in [5, 5.41) is 13.3. The lowest BCUT2D eigenvalue weighted by molar-refractivity contribution is 0.0696. The lowest BCUT2D eigenvalue weighted by Crippen LogP contribution is -2.00. The van der Waals surface area contributed by atoms with Crippen molar-refractivity contribution >= 4 is 5.97 Å². The highest BCUT2D eigenvalue weighted by Gasteiger charge is 2.12. The van der Waals surface area contributed by atoms with Gasteiger partial charge in [0.05, 0.1) is 11.8 Å². The van der Waals surface area contributed by atoms with Gasteiger partial charge in [-0.25, -0.2) is 4.79 Å². The second-order valence-electron chi connectivity index (χ2n) is 3.87. The third-order valence-electron chi connectivity index (χ3n) is 2.83. The number of hydrogen-bond acceptors (Lipinski definition) is 2. The number of hydrogen-bond donors (Lipinski definition) is 1. The van der Waals surface area contributed by atoms with Crippen LogP contribution in [0.25, 0.3) is 11.1 Å². The molecule has 0 fully saturated rings. The molecule has 0 radical (unpaired) electrons. The van der Waals surface area contributed by atoms with Crippen LogP contribution < -0.4 is 0 Å². The molecule has 2 aromatic rings. The monoisotopic (exact) mass is 230 g/mol. The summed E-state index contributed by atoms with van der Waals surface area (Å²) in [6, 6.07) is 5.29. The Bertz CT molecular complexity index is 558. The first-order valence-electron chi connectivity index (χ1n) is 5.49. The largest absolute Gasteiger partial charge is 0.478 e. The molecule has 17 heavy (non-hydrogen) atoms. The van der Waals surface area contributed by atoms with Crippen molar-refractivity contribution in [1.29, 1.82) is 0 Å². The molecule has 0 saturated carbocycles. The molecule has 0 atom stereocenters. The van der Waals surface area contributed by atoms with Gasteiger partial charge < -0.3 is 5.11 Å². The number of carboxylic acid groups (broad SMARTS) is 1. The number of carboxylic acids is 1. The topological polar surface area (TPSA) is 55.1 Å². The Balaban J connectivity index is 2.52. The molecule has 2 rings (SSSR count). The average Bonchev–Trinajstić information content (AvgIpc) is 2.77. The van der Waals surface area contributed by atoms with E-state index >= 15 is 0 Å². The van der Waals surface area contributed by atoms with Gasteiger partial charge in [0, 0.05) is 18.3 Å². The Kier molecular flexibility index (Phi) is 2.95. The molecule has 0 saturated heterocycles. The van der Waals surface area contributed by atoms with E-state index in [0.717, 1.165) is 23.2 Å². The number of aryl methyl sites for hydroxylation is 1. The van der Waals surface area contributed by atoms with Crippen molar-refractivity contribution in [3.63, 3.8) is 0 Å². The molecular weight excluding hydrogens is 216 g/mol. The van der Waals surface area contributed by atoms with Gasteiger partial charge in [0.15, 0.2) is 0 Å². The van der Waals surface area contributed by atoms with E-state index in [2.05, 4.69) is 5.10 Å². The first kappa shape index (κ1) is 11.4. The first-order chi connectivity index (χ1) is 8.13. The van der Waals surface area contributed by atoms with E-state index in [1.165, 1.54) is 0 Å². The van der Waals surface area contributed by atoms with Crippen LogP contribution in [0.1, 0.15) is 22.8 Å². The molecule has 0 amide bonds. The number of aromatic carboxylic acids is 1. The number of benzene rings is 1. The number of carbonyl (C=O) groups is 1. The molecule has 1 aromatic heterocycles. The van der Waals surface area contributed by atoms with Crippen LogP contribution in [0.3, 0.4) is 0 Å². The summed E-state index contributed by atoms with van der Waals surface area (Å²) in [6.45, 7) is 4.64. The highest BCUT2D eigenvalue weighted by Crippen LogP contribution is 2.25. The zero-order valence-electron chi connectivity index (χ0n) is 9.84. The fraction of sp³-hybridized carbons (Fsp3) is 0.231. The third kappa shape index (κ3) is 2.06. The second kappa shape index (κ2) is 4.41. The Morgan fingerprint density at radius 1 is 1.47 bits per heavy atom. The zero-order chi connectivity index (χ0) is 12.4. The standard InChI is InChI=1S/C13H14N2O2/c1-3-15-8-10(7-14-15)11-5-4-6-12(9(11)2)13(16)17/h4-8H,3H2,1-2H3,(H,16,17). The molecule has 0 aliphatic heterocycles. The fourth-order valence-corrected chi connectivity index (χ4v) is 1.86. The summed E-state index contributed by atoms with van der Waals surface area (Å²) in [5.74, 6) is -0.896. The summed E-state index contributed by atoms with van der Waals surface area (Å²) in [5.41, 5.74) is 2.99. The van der Waals surface area contributed by atoms with E-state index in [-0.39, 0.29) is 0 Å². The lowest BCUT2D eigenvalue weighted by Gasteiger charge is -2.06. The van der Waals surface area contributed by atoms with E-state index in [4.69, 9.17) is 5.11 Å². The van der Waals surface area contributed by atoms with Gasteiger partial charge in [-0.05, 0) is 31.0 Å². The molecule has 4 heteroatoms. The number of nitrogens with zero attached hydrogens (tertiary/aromatic N) is 2. The fourth-order valence-electron chi connectivity index (χ4n) is 1.86. The Labute approximate surface area is 99.5 Å². The van der Waals surface area contributed by atoms with Crippen molar-refractivity contribution in [2.75, 3.05) is 0 Å². The number of aromatic nitrogens is 2. The molecule has 1 N–H and O–H groups in total. The van der Waals surface area contributed by atoms with Gasteiger partial charge in [0.2, 0.25) is 0 Å². The van der Waals surface area contributed by atoms with Crippen molar-refractivity contribution in [3.05, 3.63) is 41.7 Å². The van der Waals surface area contributed by atoms with Crippen LogP contribution in [0.15, 0.2) is 30.6 Å². The molecule has 0 spiro atoms. The van der Waals surface area contributed by atoms with Crippen LogP contribution in [0, 0.1) is 6.92 Å². The van der Waals surface area contributed by atoms with E-state index in [1.807, 2.05) is 30.8 Å². The van der Waals surface area contributed by atoms with Gasteiger partial charge >= 0.3 is 5.97 Å². The zero-order valence-corrected chi connectivity index (χ0v) is 9.84. The molecule has 4 nitrogen and oxygen atoms in total. The molecule has 0 aliphatic carbocycles. The second-order valence-corrected chi connectivity index (χ2v) is 3.87. The Hall–Kier alpha value is -2.10. The SMILES string of the molecule is CCn1cc(-c2cccc(C(=O)O)c2C)cn1. The third-order valence-corrected chi connectivity index (χ3v) is 2.83. The maximum absolute atomic E-state index is 11.0. The van der Waals surface area contributed by atoms with Gasteiger partial charge in [0.1, 0.15) is 0 Å². The van der Waals surface area contributed by atoms with E-state index in [9.17, 15) is 4.79 Å².